The summed E-state index contributed by atoms with van der Waals surface area (Å²) in [5, 5.41) is 2.96. The minimum absolute atomic E-state index is 0.145. The first-order valence-electron chi connectivity index (χ1n) is 9.64. The van der Waals surface area contributed by atoms with E-state index in [1.54, 1.807) is 6.07 Å². The molecular weight excluding hydrogens is 338 g/mol. The van der Waals surface area contributed by atoms with Crippen molar-refractivity contribution in [1.82, 2.24) is 20.2 Å². The number of aromatic nitrogens is 2. The van der Waals surface area contributed by atoms with Crippen molar-refractivity contribution in [1.29, 1.82) is 0 Å². The van der Waals surface area contributed by atoms with E-state index in [1.807, 2.05) is 13.8 Å². The van der Waals surface area contributed by atoms with Crippen LogP contribution in [0.1, 0.15) is 59.4 Å². The number of nitrogens with zero attached hydrogens (tertiary/aromatic N) is 3. The lowest BCUT2D eigenvalue weighted by atomic mass is 9.94. The third kappa shape index (κ3) is 4.83. The van der Waals surface area contributed by atoms with Gasteiger partial charge in [-0.1, -0.05) is 38.1 Å². The van der Waals surface area contributed by atoms with Gasteiger partial charge in [-0.05, 0) is 48.9 Å². The van der Waals surface area contributed by atoms with Crippen molar-refractivity contribution >= 4 is 11.9 Å². The van der Waals surface area contributed by atoms with Crippen molar-refractivity contribution in [3.63, 3.8) is 0 Å². The maximum atomic E-state index is 12.4. The lowest BCUT2D eigenvalue weighted by Crippen LogP contribution is -2.34. The number of carbonyl (C=O) groups excluding carboxylic acids is 1. The zero-order valence-electron chi connectivity index (χ0n) is 16.4. The molecule has 27 heavy (non-hydrogen) atoms. The second kappa shape index (κ2) is 8.48. The summed E-state index contributed by atoms with van der Waals surface area (Å²) in [7, 11) is 0. The second-order valence-corrected chi connectivity index (χ2v) is 7.59. The minimum Gasteiger partial charge on any atom is -0.368 e. The molecule has 0 saturated carbocycles. The smallest absolute Gasteiger partial charge is 0.270 e. The number of nitrogen functional groups attached to an aromatic ring is 1. The van der Waals surface area contributed by atoms with Gasteiger partial charge >= 0.3 is 0 Å². The summed E-state index contributed by atoms with van der Waals surface area (Å²) < 4.78 is 0. The third-order valence-electron chi connectivity index (χ3n) is 5.20. The Labute approximate surface area is 161 Å². The highest BCUT2D eigenvalue weighted by Crippen LogP contribution is 2.28. The summed E-state index contributed by atoms with van der Waals surface area (Å²) >= 11 is 0. The van der Waals surface area contributed by atoms with Crippen molar-refractivity contribution in [3.8, 4) is 0 Å². The van der Waals surface area contributed by atoms with Crippen LogP contribution in [0.2, 0.25) is 0 Å². The predicted molar refractivity (Wildman–Crippen MR) is 108 cm³/mol. The third-order valence-corrected chi connectivity index (χ3v) is 5.20. The average molecular weight is 367 g/mol. The fraction of sp³-hybridized carbons (Fsp3) is 0.476. The van der Waals surface area contributed by atoms with Crippen LogP contribution in [0.3, 0.4) is 0 Å². The number of nitrogens with one attached hydrogen (secondary N) is 1. The summed E-state index contributed by atoms with van der Waals surface area (Å²) in [4.78, 5) is 23.1. The zero-order valence-corrected chi connectivity index (χ0v) is 16.4. The van der Waals surface area contributed by atoms with Crippen LogP contribution >= 0.6 is 0 Å². The number of amides is 1. The quantitative estimate of drug-likeness (QED) is 0.820. The van der Waals surface area contributed by atoms with Crippen molar-refractivity contribution < 1.29 is 4.79 Å². The van der Waals surface area contributed by atoms with E-state index in [0.29, 0.717) is 18.2 Å². The summed E-state index contributed by atoms with van der Waals surface area (Å²) in [5.41, 5.74) is 9.67. The molecule has 0 radical (unpaired) electrons. The molecule has 1 amide bonds. The van der Waals surface area contributed by atoms with Crippen LogP contribution in [0.25, 0.3) is 0 Å². The molecule has 1 saturated heterocycles. The summed E-state index contributed by atoms with van der Waals surface area (Å²) in [6.45, 7) is 9.75. The Kier molecular flexibility index (Phi) is 6.06. The van der Waals surface area contributed by atoms with Crippen molar-refractivity contribution in [2.45, 2.75) is 39.0 Å². The van der Waals surface area contributed by atoms with E-state index in [4.69, 9.17) is 5.73 Å². The number of hydrogen-bond acceptors (Lipinski definition) is 5. The number of rotatable bonds is 6. The molecule has 1 aromatic carbocycles. The summed E-state index contributed by atoms with van der Waals surface area (Å²) in [5.74, 6) is 0.731. The molecule has 1 aliphatic rings. The van der Waals surface area contributed by atoms with Gasteiger partial charge in [0.15, 0.2) is 0 Å². The van der Waals surface area contributed by atoms with E-state index in [1.165, 1.54) is 17.5 Å². The average Bonchev–Trinajstić information content (AvgIpc) is 3.10. The molecule has 3 N–H and O–H groups in total. The van der Waals surface area contributed by atoms with Crippen LogP contribution < -0.4 is 11.1 Å². The number of benzene rings is 1. The minimum atomic E-state index is -0.194. The number of carbonyl (C=O) groups is 1. The van der Waals surface area contributed by atoms with Crippen molar-refractivity contribution in [2.75, 3.05) is 31.9 Å². The van der Waals surface area contributed by atoms with Crippen LogP contribution in [0.15, 0.2) is 30.3 Å². The molecule has 2 aromatic rings. The maximum Gasteiger partial charge on any atom is 0.270 e. The first-order chi connectivity index (χ1) is 12.9. The Morgan fingerprint density at radius 2 is 2.11 bits per heavy atom. The first kappa shape index (κ1) is 19.3. The van der Waals surface area contributed by atoms with Gasteiger partial charge in [-0.15, -0.1) is 0 Å². The van der Waals surface area contributed by atoms with Gasteiger partial charge in [0, 0.05) is 25.3 Å². The molecule has 1 aliphatic heterocycles. The molecule has 0 bridgehead atoms. The fourth-order valence-corrected chi connectivity index (χ4v) is 3.65. The maximum absolute atomic E-state index is 12.4. The largest absolute Gasteiger partial charge is 0.368 e. The molecule has 1 fully saturated rings. The molecule has 2 heterocycles. The van der Waals surface area contributed by atoms with E-state index in [9.17, 15) is 4.79 Å². The van der Waals surface area contributed by atoms with E-state index < -0.39 is 0 Å². The molecule has 0 aliphatic carbocycles. The molecular formula is C21H29N5O. The Morgan fingerprint density at radius 1 is 1.33 bits per heavy atom. The van der Waals surface area contributed by atoms with Crippen molar-refractivity contribution in [3.05, 3.63) is 52.8 Å². The number of likely N-dealkylation sites (tertiary alicyclic amines) is 1. The SMILES string of the molecule is Cc1ccccc1C1CCN(CCNC(=O)c2cc(C(C)C)nc(N)n2)C1. The molecule has 1 unspecified atom stereocenters. The molecule has 3 rings (SSSR count). The van der Waals surface area contributed by atoms with Gasteiger partial charge in [0.1, 0.15) is 5.69 Å². The van der Waals surface area contributed by atoms with Crippen LogP contribution in [0.5, 0.6) is 0 Å². The first-order valence-corrected chi connectivity index (χ1v) is 9.64. The van der Waals surface area contributed by atoms with Crippen LogP contribution in [-0.4, -0.2) is 47.0 Å². The fourth-order valence-electron chi connectivity index (χ4n) is 3.65. The Hall–Kier alpha value is -2.47. The van der Waals surface area contributed by atoms with E-state index in [-0.39, 0.29) is 17.8 Å². The number of anilines is 1. The highest BCUT2D eigenvalue weighted by atomic mass is 16.1. The highest BCUT2D eigenvalue weighted by Gasteiger charge is 2.24. The van der Waals surface area contributed by atoms with Gasteiger partial charge in [-0.2, -0.15) is 0 Å². The van der Waals surface area contributed by atoms with E-state index in [0.717, 1.165) is 25.3 Å². The number of aryl methyl sites for hydroxylation is 1. The molecule has 1 aromatic heterocycles. The summed E-state index contributed by atoms with van der Waals surface area (Å²) in [6.07, 6.45) is 1.17. The number of hydrogen-bond donors (Lipinski definition) is 2. The van der Waals surface area contributed by atoms with Crippen LogP contribution in [0.4, 0.5) is 5.95 Å². The van der Waals surface area contributed by atoms with Gasteiger partial charge in [0.05, 0.1) is 0 Å². The van der Waals surface area contributed by atoms with Gasteiger partial charge < -0.3 is 16.0 Å². The van der Waals surface area contributed by atoms with Crippen LogP contribution in [0, 0.1) is 6.92 Å². The van der Waals surface area contributed by atoms with Crippen molar-refractivity contribution in [2.24, 2.45) is 0 Å². The Bertz CT molecular complexity index is 805. The topological polar surface area (TPSA) is 84.1 Å². The zero-order chi connectivity index (χ0) is 19.4. The normalized spacial score (nSPS) is 17.4. The lowest BCUT2D eigenvalue weighted by Gasteiger charge is -2.17. The predicted octanol–water partition coefficient (Wildman–Crippen LogP) is 2.71. The van der Waals surface area contributed by atoms with Crippen LogP contribution in [-0.2, 0) is 0 Å². The van der Waals surface area contributed by atoms with Gasteiger partial charge in [-0.25, -0.2) is 9.97 Å². The highest BCUT2D eigenvalue weighted by molar-refractivity contribution is 5.92. The standard InChI is InChI=1S/C21H29N5O/c1-14(2)18-12-19(25-21(22)24-18)20(27)23-9-11-26-10-8-16(13-26)17-7-5-4-6-15(17)3/h4-7,12,14,16H,8-11,13H2,1-3H3,(H,23,27)(H2,22,24,25). The Balaban J connectivity index is 1.51. The Morgan fingerprint density at radius 3 is 2.85 bits per heavy atom. The van der Waals surface area contributed by atoms with E-state index >= 15 is 0 Å². The van der Waals surface area contributed by atoms with Gasteiger partial charge in [-0.3, -0.25) is 4.79 Å². The lowest BCUT2D eigenvalue weighted by molar-refractivity contribution is 0.0944. The number of nitrogens with two attached hydrogens (primary N) is 1. The van der Waals surface area contributed by atoms with Gasteiger partial charge in [0.25, 0.3) is 5.91 Å². The molecule has 144 valence electrons. The monoisotopic (exact) mass is 367 g/mol. The molecule has 0 spiro atoms. The molecule has 6 nitrogen and oxygen atoms in total. The van der Waals surface area contributed by atoms with E-state index in [2.05, 4.69) is 51.4 Å². The van der Waals surface area contributed by atoms with Gasteiger partial charge in [0.2, 0.25) is 5.95 Å². The second-order valence-electron chi connectivity index (χ2n) is 7.59. The summed E-state index contributed by atoms with van der Waals surface area (Å²) in [6, 6.07) is 10.3. The molecule has 1 atom stereocenters. The molecule has 6 heteroatoms.